The number of nitrogens with zero attached hydrogens (tertiary/aromatic N) is 2. The minimum atomic E-state index is -0.394. The molecule has 0 radical (unpaired) electrons. The quantitative estimate of drug-likeness (QED) is 0.857. The van der Waals surface area contributed by atoms with Crippen molar-refractivity contribution in [3.05, 3.63) is 31.6 Å². The molecule has 0 unspecified atom stereocenters. The minimum Gasteiger partial charge on any atom is -0.303 e. The lowest BCUT2D eigenvalue weighted by molar-refractivity contribution is 0.182. The summed E-state index contributed by atoms with van der Waals surface area (Å²) < 4.78 is 1.34. The molecule has 0 aliphatic carbocycles. The lowest BCUT2D eigenvalue weighted by atomic mass is 10.0. The average molecular weight is 286 g/mol. The van der Waals surface area contributed by atoms with Gasteiger partial charge < -0.3 is 4.90 Å². The zero-order valence-corrected chi connectivity index (χ0v) is 12.2. The highest BCUT2D eigenvalue weighted by atomic mass is 35.5. The molecule has 106 valence electrons. The van der Waals surface area contributed by atoms with Crippen molar-refractivity contribution in [2.45, 2.75) is 39.2 Å². The lowest BCUT2D eigenvalue weighted by Gasteiger charge is -2.32. The predicted octanol–water partition coefficient (Wildman–Crippen LogP) is 1.55. The van der Waals surface area contributed by atoms with Crippen LogP contribution in [0.25, 0.3) is 0 Å². The smallest absolute Gasteiger partial charge is 0.303 e. The molecule has 0 atom stereocenters. The molecule has 5 nitrogen and oxygen atoms in total. The summed E-state index contributed by atoms with van der Waals surface area (Å²) in [5.41, 5.74) is -0.241. The molecule has 1 saturated heterocycles. The van der Waals surface area contributed by atoms with Gasteiger partial charge in [-0.15, -0.1) is 0 Å². The maximum atomic E-state index is 12.2. The van der Waals surface area contributed by atoms with Gasteiger partial charge in [-0.3, -0.25) is 14.3 Å². The second kappa shape index (κ2) is 5.92. The third-order valence-corrected chi connectivity index (χ3v) is 4.14. The Labute approximate surface area is 117 Å². The van der Waals surface area contributed by atoms with Crippen LogP contribution in [0.4, 0.5) is 0 Å². The molecule has 0 spiro atoms. The summed E-state index contributed by atoms with van der Waals surface area (Å²) in [4.78, 5) is 29.0. The molecular weight excluding hydrogens is 266 g/mol. The first-order valence-electron chi connectivity index (χ1n) is 6.77. The van der Waals surface area contributed by atoms with Gasteiger partial charge in [0.15, 0.2) is 0 Å². The monoisotopic (exact) mass is 285 g/mol. The lowest BCUT2D eigenvalue weighted by Crippen LogP contribution is -2.44. The Morgan fingerprint density at radius 2 is 1.95 bits per heavy atom. The van der Waals surface area contributed by atoms with Gasteiger partial charge in [-0.2, -0.15) is 0 Å². The molecule has 0 amide bonds. The first-order chi connectivity index (χ1) is 9.04. The molecule has 2 rings (SSSR count). The van der Waals surface area contributed by atoms with E-state index in [2.05, 4.69) is 16.8 Å². The highest BCUT2D eigenvalue weighted by Crippen LogP contribution is 2.20. The van der Waals surface area contributed by atoms with Crippen molar-refractivity contribution in [2.75, 3.05) is 19.6 Å². The number of nitrogens with one attached hydrogen (secondary N) is 1. The summed E-state index contributed by atoms with van der Waals surface area (Å²) in [7, 11) is 0. The van der Waals surface area contributed by atoms with Crippen molar-refractivity contribution >= 4 is 11.6 Å². The number of hydrogen-bond donors (Lipinski definition) is 1. The van der Waals surface area contributed by atoms with Gasteiger partial charge in [0.2, 0.25) is 0 Å². The van der Waals surface area contributed by atoms with E-state index in [4.69, 9.17) is 11.6 Å². The molecule has 6 heteroatoms. The van der Waals surface area contributed by atoms with E-state index >= 15 is 0 Å². The Morgan fingerprint density at radius 3 is 2.53 bits per heavy atom. The SMILES string of the molecule is CCCN1CCC(n2c(=O)[nH]c(Cl)c(C)c2=O)CC1. The topological polar surface area (TPSA) is 58.1 Å². The summed E-state index contributed by atoms with van der Waals surface area (Å²) in [6.45, 7) is 6.75. The van der Waals surface area contributed by atoms with Gasteiger partial charge in [0.25, 0.3) is 5.56 Å². The maximum Gasteiger partial charge on any atom is 0.329 e. The fourth-order valence-corrected chi connectivity index (χ4v) is 2.83. The maximum absolute atomic E-state index is 12.2. The third kappa shape index (κ3) is 2.92. The number of rotatable bonds is 3. The Hall–Kier alpha value is -1.07. The number of hydrogen-bond acceptors (Lipinski definition) is 3. The molecule has 0 aromatic carbocycles. The second-order valence-corrected chi connectivity index (χ2v) is 5.50. The molecule has 1 N–H and O–H groups in total. The summed E-state index contributed by atoms with van der Waals surface area (Å²) in [6.07, 6.45) is 2.80. The number of likely N-dealkylation sites (tertiary alicyclic amines) is 1. The van der Waals surface area contributed by atoms with Gasteiger partial charge in [-0.25, -0.2) is 4.79 Å². The summed E-state index contributed by atoms with van der Waals surface area (Å²) in [5.74, 6) is 0. The van der Waals surface area contributed by atoms with Crippen LogP contribution in [0.3, 0.4) is 0 Å². The molecular formula is C13H20ClN3O2. The zero-order chi connectivity index (χ0) is 14.0. The minimum absolute atomic E-state index is 0.0136. The fraction of sp³-hybridized carbons (Fsp3) is 0.692. The number of aromatic amines is 1. The van der Waals surface area contributed by atoms with Crippen LogP contribution in [-0.4, -0.2) is 34.1 Å². The van der Waals surface area contributed by atoms with Crippen LogP contribution in [0, 0.1) is 6.92 Å². The van der Waals surface area contributed by atoms with Crippen molar-refractivity contribution in [1.82, 2.24) is 14.5 Å². The third-order valence-electron chi connectivity index (χ3n) is 3.77. The molecule has 0 saturated carbocycles. The highest BCUT2D eigenvalue weighted by molar-refractivity contribution is 6.30. The first-order valence-corrected chi connectivity index (χ1v) is 7.15. The Balaban J connectivity index is 2.23. The van der Waals surface area contributed by atoms with E-state index in [0.717, 1.165) is 38.9 Å². The number of halogens is 1. The van der Waals surface area contributed by atoms with E-state index in [0.29, 0.717) is 5.56 Å². The van der Waals surface area contributed by atoms with Crippen molar-refractivity contribution in [2.24, 2.45) is 0 Å². The Morgan fingerprint density at radius 1 is 1.32 bits per heavy atom. The normalized spacial score (nSPS) is 17.8. The van der Waals surface area contributed by atoms with Crippen LogP contribution in [0.5, 0.6) is 0 Å². The van der Waals surface area contributed by atoms with E-state index in [-0.39, 0.29) is 16.8 Å². The zero-order valence-electron chi connectivity index (χ0n) is 11.4. The van der Waals surface area contributed by atoms with E-state index in [1.54, 1.807) is 6.92 Å². The fourth-order valence-electron chi connectivity index (χ4n) is 2.66. The molecule has 1 aromatic heterocycles. The van der Waals surface area contributed by atoms with Gasteiger partial charge in [0, 0.05) is 24.7 Å². The molecule has 1 aliphatic rings. The number of H-pyrrole nitrogens is 1. The van der Waals surface area contributed by atoms with E-state index < -0.39 is 5.69 Å². The van der Waals surface area contributed by atoms with E-state index in [1.807, 2.05) is 0 Å². The van der Waals surface area contributed by atoms with Crippen LogP contribution >= 0.6 is 11.6 Å². The van der Waals surface area contributed by atoms with E-state index in [9.17, 15) is 9.59 Å². The van der Waals surface area contributed by atoms with Crippen LogP contribution in [0.1, 0.15) is 37.8 Å². The molecule has 2 heterocycles. The van der Waals surface area contributed by atoms with Crippen molar-refractivity contribution in [3.8, 4) is 0 Å². The molecule has 1 fully saturated rings. The molecule has 0 bridgehead atoms. The first kappa shape index (κ1) is 14.3. The predicted molar refractivity (Wildman–Crippen MR) is 76.1 cm³/mol. The standard InChI is InChI=1S/C13H20ClN3O2/c1-3-6-16-7-4-10(5-8-16)17-12(18)9(2)11(14)15-13(17)19/h10H,3-8H2,1-2H3,(H,15,19). The van der Waals surface area contributed by atoms with Crippen LogP contribution in [0.15, 0.2) is 9.59 Å². The van der Waals surface area contributed by atoms with Crippen LogP contribution < -0.4 is 11.2 Å². The summed E-state index contributed by atoms with van der Waals surface area (Å²) >= 11 is 5.82. The van der Waals surface area contributed by atoms with Gasteiger partial charge >= 0.3 is 5.69 Å². The van der Waals surface area contributed by atoms with Crippen molar-refractivity contribution in [3.63, 3.8) is 0 Å². The molecule has 1 aliphatic heterocycles. The Kier molecular flexibility index (Phi) is 4.47. The van der Waals surface area contributed by atoms with Crippen molar-refractivity contribution in [1.29, 1.82) is 0 Å². The summed E-state index contributed by atoms with van der Waals surface area (Å²) in [5, 5.41) is 0.148. The van der Waals surface area contributed by atoms with Gasteiger partial charge in [0.1, 0.15) is 5.15 Å². The molecule has 19 heavy (non-hydrogen) atoms. The average Bonchev–Trinajstić information content (AvgIpc) is 2.38. The van der Waals surface area contributed by atoms with E-state index in [1.165, 1.54) is 4.57 Å². The Bertz CT molecular complexity index is 556. The molecule has 1 aromatic rings. The highest BCUT2D eigenvalue weighted by Gasteiger charge is 2.23. The largest absolute Gasteiger partial charge is 0.329 e. The van der Waals surface area contributed by atoms with Crippen LogP contribution in [-0.2, 0) is 0 Å². The van der Waals surface area contributed by atoms with Gasteiger partial charge in [0.05, 0.1) is 0 Å². The van der Waals surface area contributed by atoms with Gasteiger partial charge in [-0.1, -0.05) is 18.5 Å². The second-order valence-electron chi connectivity index (χ2n) is 5.12. The van der Waals surface area contributed by atoms with Crippen LogP contribution in [0.2, 0.25) is 5.15 Å². The van der Waals surface area contributed by atoms with Gasteiger partial charge in [-0.05, 0) is 32.7 Å². The van der Waals surface area contributed by atoms with Crippen molar-refractivity contribution < 1.29 is 0 Å². The number of piperidine rings is 1. The number of aromatic nitrogens is 2. The summed E-state index contributed by atoms with van der Waals surface area (Å²) in [6, 6.07) is -0.0136.